The molecule has 0 aliphatic heterocycles. The summed E-state index contributed by atoms with van der Waals surface area (Å²) in [7, 11) is -0.548. The number of methoxy groups -OCH3 is 1. The fraction of sp³-hybridized carbons (Fsp3) is 0.391. The molecule has 0 radical (unpaired) electrons. The van der Waals surface area contributed by atoms with Crippen LogP contribution >= 0.6 is 0 Å². The van der Waals surface area contributed by atoms with E-state index in [4.69, 9.17) is 4.74 Å². The zero-order valence-electron chi connectivity index (χ0n) is 19.2. The molecule has 0 fully saturated rings. The van der Waals surface area contributed by atoms with Crippen molar-refractivity contribution in [3.8, 4) is 5.75 Å². The monoisotopic (exact) mass is 461 g/mol. The first-order valence-electron chi connectivity index (χ1n) is 10.3. The number of amides is 2. The first kappa shape index (κ1) is 25.4. The number of anilines is 1. The third-order valence-electron chi connectivity index (χ3n) is 5.11. The van der Waals surface area contributed by atoms with E-state index in [-0.39, 0.29) is 22.8 Å². The van der Waals surface area contributed by atoms with Gasteiger partial charge in [-0.2, -0.15) is 4.31 Å². The fourth-order valence-electron chi connectivity index (χ4n) is 2.88. The molecule has 0 aliphatic rings. The SMILES string of the molecule is COc1ccc(C(=O)NC(C(=O)Nc2ccc(S(=O)(=O)N(C)C(C)C)cc2)C(C)C)cc1. The van der Waals surface area contributed by atoms with Gasteiger partial charge in [0.1, 0.15) is 11.8 Å². The van der Waals surface area contributed by atoms with Gasteiger partial charge in [0.05, 0.1) is 12.0 Å². The fourth-order valence-corrected chi connectivity index (χ4v) is 4.24. The second kappa shape index (κ2) is 10.6. The Morgan fingerprint density at radius 1 is 0.938 bits per heavy atom. The van der Waals surface area contributed by atoms with E-state index in [1.54, 1.807) is 45.2 Å². The van der Waals surface area contributed by atoms with Crippen LogP contribution < -0.4 is 15.4 Å². The molecule has 2 aromatic rings. The molecule has 0 aliphatic carbocycles. The smallest absolute Gasteiger partial charge is 0.251 e. The van der Waals surface area contributed by atoms with Gasteiger partial charge in [0.2, 0.25) is 15.9 Å². The van der Waals surface area contributed by atoms with E-state index in [1.165, 1.54) is 35.6 Å². The molecule has 0 saturated carbocycles. The summed E-state index contributed by atoms with van der Waals surface area (Å²) in [5.74, 6) is -0.308. The normalized spacial score (nSPS) is 12.7. The molecule has 0 bridgehead atoms. The molecule has 0 aromatic heterocycles. The van der Waals surface area contributed by atoms with Crippen molar-refractivity contribution in [3.05, 3.63) is 54.1 Å². The van der Waals surface area contributed by atoms with Crippen molar-refractivity contribution in [1.29, 1.82) is 0 Å². The summed E-state index contributed by atoms with van der Waals surface area (Å²) in [4.78, 5) is 25.6. The highest BCUT2D eigenvalue weighted by Crippen LogP contribution is 2.20. The maximum atomic E-state index is 12.8. The van der Waals surface area contributed by atoms with Gasteiger partial charge in [0, 0.05) is 24.3 Å². The van der Waals surface area contributed by atoms with Gasteiger partial charge in [-0.25, -0.2) is 8.42 Å². The molecule has 8 nitrogen and oxygen atoms in total. The third kappa shape index (κ3) is 6.08. The summed E-state index contributed by atoms with van der Waals surface area (Å²) >= 11 is 0. The van der Waals surface area contributed by atoms with Crippen molar-refractivity contribution in [1.82, 2.24) is 9.62 Å². The molecule has 32 heavy (non-hydrogen) atoms. The molecule has 1 unspecified atom stereocenters. The molecule has 2 rings (SSSR count). The largest absolute Gasteiger partial charge is 0.497 e. The van der Waals surface area contributed by atoms with Crippen molar-refractivity contribution >= 4 is 27.5 Å². The van der Waals surface area contributed by atoms with Crippen LogP contribution in [0.2, 0.25) is 0 Å². The number of sulfonamides is 1. The highest BCUT2D eigenvalue weighted by Gasteiger charge is 2.26. The molecule has 2 N–H and O–H groups in total. The van der Waals surface area contributed by atoms with Gasteiger partial charge in [-0.05, 0) is 68.3 Å². The first-order chi connectivity index (χ1) is 15.0. The van der Waals surface area contributed by atoms with Gasteiger partial charge >= 0.3 is 0 Å². The van der Waals surface area contributed by atoms with E-state index in [0.29, 0.717) is 17.0 Å². The Hall–Kier alpha value is -2.91. The van der Waals surface area contributed by atoms with Gasteiger partial charge in [-0.15, -0.1) is 0 Å². The van der Waals surface area contributed by atoms with E-state index in [9.17, 15) is 18.0 Å². The number of hydrogen-bond donors (Lipinski definition) is 2. The lowest BCUT2D eigenvalue weighted by atomic mass is 10.0. The van der Waals surface area contributed by atoms with E-state index < -0.39 is 22.0 Å². The van der Waals surface area contributed by atoms with Crippen LogP contribution in [0.15, 0.2) is 53.4 Å². The predicted molar refractivity (Wildman–Crippen MR) is 124 cm³/mol. The molecule has 0 heterocycles. The Labute approximate surface area is 190 Å². The second-order valence-corrected chi connectivity index (χ2v) is 10.0. The number of carbonyl (C=O) groups is 2. The zero-order chi connectivity index (χ0) is 24.1. The van der Waals surface area contributed by atoms with Crippen molar-refractivity contribution in [2.24, 2.45) is 5.92 Å². The van der Waals surface area contributed by atoms with Gasteiger partial charge in [-0.3, -0.25) is 9.59 Å². The van der Waals surface area contributed by atoms with Crippen LogP contribution in [-0.4, -0.2) is 50.8 Å². The summed E-state index contributed by atoms with van der Waals surface area (Å²) < 4.78 is 31.5. The zero-order valence-corrected chi connectivity index (χ0v) is 20.1. The molecular formula is C23H31N3O5S. The van der Waals surface area contributed by atoms with Crippen molar-refractivity contribution in [2.75, 3.05) is 19.5 Å². The predicted octanol–water partition coefficient (Wildman–Crippen LogP) is 3.12. The van der Waals surface area contributed by atoms with E-state index in [2.05, 4.69) is 10.6 Å². The van der Waals surface area contributed by atoms with Gasteiger partial charge in [-0.1, -0.05) is 13.8 Å². The van der Waals surface area contributed by atoms with Crippen LogP contribution in [0.4, 0.5) is 5.69 Å². The molecular weight excluding hydrogens is 430 g/mol. The lowest BCUT2D eigenvalue weighted by molar-refractivity contribution is -0.118. The number of ether oxygens (including phenoxy) is 1. The molecule has 0 spiro atoms. The lowest BCUT2D eigenvalue weighted by Crippen LogP contribution is -2.47. The number of benzene rings is 2. The third-order valence-corrected chi connectivity index (χ3v) is 7.16. The van der Waals surface area contributed by atoms with Gasteiger partial charge in [0.15, 0.2) is 0 Å². The number of rotatable bonds is 9. The maximum absolute atomic E-state index is 12.8. The van der Waals surface area contributed by atoms with Crippen LogP contribution in [0, 0.1) is 5.92 Å². The standard InChI is InChI=1S/C23H31N3O5S/c1-15(2)21(25-22(27)17-7-11-19(31-6)12-8-17)23(28)24-18-9-13-20(14-10-18)32(29,30)26(5)16(3)4/h7-16,21H,1-6H3,(H,24,28)(H,25,27). The average Bonchev–Trinajstić information content (AvgIpc) is 2.76. The molecule has 174 valence electrons. The minimum absolute atomic E-state index is 0.139. The van der Waals surface area contributed by atoms with Gasteiger partial charge in [0.25, 0.3) is 5.91 Å². The number of hydrogen-bond acceptors (Lipinski definition) is 5. The summed E-state index contributed by atoms with van der Waals surface area (Å²) in [6.45, 7) is 7.24. The van der Waals surface area contributed by atoms with Crippen LogP contribution in [0.25, 0.3) is 0 Å². The summed E-state index contributed by atoms with van der Waals surface area (Å²) in [6, 6.07) is 11.6. The molecule has 1 atom stereocenters. The molecule has 2 aromatic carbocycles. The van der Waals surface area contributed by atoms with E-state index >= 15 is 0 Å². The van der Waals surface area contributed by atoms with E-state index in [0.717, 1.165) is 0 Å². The molecule has 2 amide bonds. The Morgan fingerprint density at radius 2 is 1.50 bits per heavy atom. The Balaban J connectivity index is 2.11. The topological polar surface area (TPSA) is 105 Å². The van der Waals surface area contributed by atoms with Gasteiger partial charge < -0.3 is 15.4 Å². The number of carbonyl (C=O) groups excluding carboxylic acids is 2. The minimum atomic E-state index is -3.61. The van der Waals surface area contributed by atoms with Crippen LogP contribution in [0.3, 0.4) is 0 Å². The summed E-state index contributed by atoms with van der Waals surface area (Å²) in [5, 5.41) is 5.51. The Kier molecular flexibility index (Phi) is 8.40. The van der Waals surface area contributed by atoms with Crippen molar-refractivity contribution < 1.29 is 22.7 Å². The quantitative estimate of drug-likeness (QED) is 0.597. The average molecular weight is 462 g/mol. The van der Waals surface area contributed by atoms with E-state index in [1.807, 2.05) is 13.8 Å². The number of nitrogens with one attached hydrogen (secondary N) is 2. The highest BCUT2D eigenvalue weighted by molar-refractivity contribution is 7.89. The first-order valence-corrected chi connectivity index (χ1v) is 11.7. The van der Waals surface area contributed by atoms with Crippen LogP contribution in [0.5, 0.6) is 5.75 Å². The lowest BCUT2D eigenvalue weighted by Gasteiger charge is -2.22. The van der Waals surface area contributed by atoms with Crippen LogP contribution in [0.1, 0.15) is 38.1 Å². The number of nitrogens with zero attached hydrogens (tertiary/aromatic N) is 1. The summed E-state index contributed by atoms with van der Waals surface area (Å²) in [5.41, 5.74) is 0.846. The minimum Gasteiger partial charge on any atom is -0.497 e. The highest BCUT2D eigenvalue weighted by atomic mass is 32.2. The second-order valence-electron chi connectivity index (χ2n) is 8.05. The van der Waals surface area contributed by atoms with Crippen molar-refractivity contribution in [3.63, 3.8) is 0 Å². The maximum Gasteiger partial charge on any atom is 0.251 e. The van der Waals surface area contributed by atoms with Crippen molar-refractivity contribution in [2.45, 2.75) is 44.7 Å². The molecule has 9 heteroatoms. The Bertz CT molecular complexity index is 1030. The summed E-state index contributed by atoms with van der Waals surface area (Å²) in [6.07, 6.45) is 0. The Morgan fingerprint density at radius 3 is 1.97 bits per heavy atom. The molecule has 0 saturated heterocycles. The van der Waals surface area contributed by atoms with Crippen LogP contribution in [-0.2, 0) is 14.8 Å².